The van der Waals surface area contributed by atoms with Gasteiger partial charge in [-0.25, -0.2) is 0 Å². The average Bonchev–Trinajstić information content (AvgIpc) is 2.71. The molecule has 0 radical (unpaired) electrons. The molecule has 27 heavy (non-hydrogen) atoms. The predicted molar refractivity (Wildman–Crippen MR) is 117 cm³/mol. The predicted octanol–water partition coefficient (Wildman–Crippen LogP) is 6.44. The quantitative estimate of drug-likeness (QED) is 0.462. The third-order valence-electron chi connectivity index (χ3n) is 2.25. The fraction of sp³-hybridized carbons (Fsp3) is 0.292. The van der Waals surface area contributed by atoms with Gasteiger partial charge in [-0.2, -0.15) is 0 Å². The van der Waals surface area contributed by atoms with Crippen LogP contribution in [-0.4, -0.2) is 17.9 Å². The molecule has 0 aliphatic rings. The molecule has 0 saturated carbocycles. The molecule has 3 heteroatoms. The molecule has 0 N–H and O–H groups in total. The van der Waals surface area contributed by atoms with Gasteiger partial charge in [0.15, 0.2) is 5.78 Å². The molecule has 0 aliphatic carbocycles. The van der Waals surface area contributed by atoms with E-state index in [-0.39, 0.29) is 11.6 Å². The molecule has 0 amide bonds. The number of allylic oxidation sites excluding steroid dienone is 1. The Bertz CT molecular complexity index is 611. The Hall–Kier alpha value is -2.81. The average molecular weight is 371 g/mol. The molecule has 148 valence electrons. The van der Waals surface area contributed by atoms with E-state index >= 15 is 0 Å². The van der Waals surface area contributed by atoms with Crippen molar-refractivity contribution in [3.05, 3.63) is 77.9 Å². The van der Waals surface area contributed by atoms with Crippen molar-refractivity contribution >= 4 is 23.9 Å². The van der Waals surface area contributed by atoms with E-state index in [1.54, 1.807) is 25.1 Å². The lowest BCUT2D eigenvalue weighted by Gasteiger charge is -1.88. The molecule has 0 fully saturated rings. The van der Waals surface area contributed by atoms with E-state index in [1.165, 1.54) is 13.8 Å². The maximum absolute atomic E-state index is 10.5. The number of hydrogen-bond acceptors (Lipinski definition) is 3. The summed E-state index contributed by atoms with van der Waals surface area (Å²) in [6.45, 7) is 12.6. The Balaban J connectivity index is -0.000000317. The van der Waals surface area contributed by atoms with Gasteiger partial charge >= 0.3 is 0 Å². The van der Waals surface area contributed by atoms with Crippen LogP contribution in [0, 0.1) is 0 Å². The van der Waals surface area contributed by atoms with Crippen molar-refractivity contribution in [1.29, 1.82) is 0 Å². The summed E-state index contributed by atoms with van der Waals surface area (Å²) in [5.74, 6) is 0.244. The first kappa shape index (κ1) is 29.0. The lowest BCUT2D eigenvalue weighted by molar-refractivity contribution is -0.115. The first-order valence-corrected chi connectivity index (χ1v) is 9.16. The Labute approximate surface area is 165 Å². The second kappa shape index (κ2) is 23.2. The number of carbonyl (C=O) groups excluding carboxylic acids is 3. The molecule has 0 aromatic heterocycles. The van der Waals surface area contributed by atoms with Crippen LogP contribution in [0.5, 0.6) is 0 Å². The summed E-state index contributed by atoms with van der Waals surface area (Å²) < 4.78 is 0. The van der Waals surface area contributed by atoms with E-state index in [0.29, 0.717) is 0 Å². The van der Waals surface area contributed by atoms with Crippen molar-refractivity contribution in [2.75, 3.05) is 0 Å². The Kier molecular flexibility index (Phi) is 24.9. The SMILES string of the molecule is CC.CC.CC(=O)/C=C/c1ccccc1.CC(C)=O.O=Cc1ccccc1. The second-order valence-corrected chi connectivity index (χ2v) is 4.79. The van der Waals surface area contributed by atoms with E-state index in [0.717, 1.165) is 17.4 Å². The number of Topliss-reactive ketones (excluding diaryl/α,β-unsaturated/α-hetero) is 1. The number of hydrogen-bond donors (Lipinski definition) is 0. The van der Waals surface area contributed by atoms with Gasteiger partial charge in [0, 0.05) is 5.56 Å². The van der Waals surface area contributed by atoms with Gasteiger partial charge in [-0.05, 0) is 32.4 Å². The third kappa shape index (κ3) is 25.5. The van der Waals surface area contributed by atoms with Gasteiger partial charge in [-0.3, -0.25) is 9.59 Å². The maximum atomic E-state index is 10.5. The highest BCUT2D eigenvalue weighted by molar-refractivity contribution is 5.91. The highest BCUT2D eigenvalue weighted by atomic mass is 16.1. The first-order chi connectivity index (χ1) is 13.0. The highest BCUT2D eigenvalue weighted by Crippen LogP contribution is 2.00. The minimum Gasteiger partial charge on any atom is -0.300 e. The summed E-state index contributed by atoms with van der Waals surface area (Å²) in [6.07, 6.45) is 4.21. The second-order valence-electron chi connectivity index (χ2n) is 4.79. The standard InChI is InChI=1S/C10H10O.C7H6O.C3H6O.2C2H6/c1-9(11)7-8-10-5-3-2-4-6-10;8-6-7-4-2-1-3-5-7;1-3(2)4;2*1-2/h2-8H,1H3;1-6H;1-2H3;2*1-2H3/b8-7+;;;;. The van der Waals surface area contributed by atoms with Gasteiger partial charge in [0.2, 0.25) is 0 Å². The fourth-order valence-corrected chi connectivity index (χ4v) is 1.31. The van der Waals surface area contributed by atoms with Gasteiger partial charge in [-0.1, -0.05) is 94.4 Å². The zero-order chi connectivity index (χ0) is 21.5. The summed E-state index contributed by atoms with van der Waals surface area (Å²) in [4.78, 5) is 30.0. The fourth-order valence-electron chi connectivity index (χ4n) is 1.31. The highest BCUT2D eigenvalue weighted by Gasteiger charge is 1.84. The Morgan fingerprint density at radius 3 is 1.26 bits per heavy atom. The minimum absolute atomic E-state index is 0.0776. The summed E-state index contributed by atoms with van der Waals surface area (Å²) >= 11 is 0. The van der Waals surface area contributed by atoms with Gasteiger partial charge in [-0.15, -0.1) is 0 Å². The summed E-state index contributed by atoms with van der Waals surface area (Å²) in [7, 11) is 0. The van der Waals surface area contributed by atoms with E-state index in [4.69, 9.17) is 0 Å². The van der Waals surface area contributed by atoms with Gasteiger partial charge in [0.25, 0.3) is 0 Å². The summed E-state index contributed by atoms with van der Waals surface area (Å²) in [6, 6.07) is 18.9. The number of benzene rings is 2. The zero-order valence-electron chi connectivity index (χ0n) is 17.7. The molecule has 0 bridgehead atoms. The van der Waals surface area contributed by atoms with Crippen molar-refractivity contribution in [2.24, 2.45) is 0 Å². The minimum atomic E-state index is 0.0776. The number of aldehydes is 1. The third-order valence-corrected chi connectivity index (χ3v) is 2.25. The molecular formula is C24H34O3. The molecule has 2 aromatic rings. The summed E-state index contributed by atoms with van der Waals surface area (Å²) in [5, 5.41) is 0. The Morgan fingerprint density at radius 1 is 0.667 bits per heavy atom. The van der Waals surface area contributed by atoms with Crippen LogP contribution in [0.4, 0.5) is 0 Å². The van der Waals surface area contributed by atoms with E-state index < -0.39 is 0 Å². The van der Waals surface area contributed by atoms with E-state index in [1.807, 2.05) is 82.3 Å². The van der Waals surface area contributed by atoms with Crippen molar-refractivity contribution in [1.82, 2.24) is 0 Å². The summed E-state index contributed by atoms with van der Waals surface area (Å²) in [5.41, 5.74) is 1.79. The molecule has 3 nitrogen and oxygen atoms in total. The maximum Gasteiger partial charge on any atom is 0.152 e. The molecular weight excluding hydrogens is 336 g/mol. The monoisotopic (exact) mass is 370 g/mol. The lowest BCUT2D eigenvalue weighted by Crippen LogP contribution is -1.79. The van der Waals surface area contributed by atoms with Crippen LogP contribution in [0.3, 0.4) is 0 Å². The Morgan fingerprint density at radius 2 is 1.00 bits per heavy atom. The molecule has 0 unspecified atom stereocenters. The smallest absolute Gasteiger partial charge is 0.152 e. The molecule has 0 aliphatic heterocycles. The van der Waals surface area contributed by atoms with Crippen LogP contribution in [0.2, 0.25) is 0 Å². The molecule has 0 saturated heterocycles. The molecule has 2 rings (SSSR count). The van der Waals surface area contributed by atoms with Gasteiger partial charge in [0.05, 0.1) is 0 Å². The van der Waals surface area contributed by atoms with E-state index in [2.05, 4.69) is 0 Å². The number of carbonyl (C=O) groups is 3. The molecule has 0 spiro atoms. The van der Waals surface area contributed by atoms with E-state index in [9.17, 15) is 14.4 Å². The van der Waals surface area contributed by atoms with Crippen LogP contribution >= 0.6 is 0 Å². The van der Waals surface area contributed by atoms with Crippen molar-refractivity contribution in [3.8, 4) is 0 Å². The van der Waals surface area contributed by atoms with Crippen LogP contribution < -0.4 is 0 Å². The topological polar surface area (TPSA) is 51.2 Å². The van der Waals surface area contributed by atoms with Gasteiger partial charge in [0.1, 0.15) is 12.1 Å². The zero-order valence-corrected chi connectivity index (χ0v) is 17.7. The van der Waals surface area contributed by atoms with Gasteiger partial charge < -0.3 is 4.79 Å². The lowest BCUT2D eigenvalue weighted by atomic mass is 10.2. The first-order valence-electron chi connectivity index (χ1n) is 9.16. The van der Waals surface area contributed by atoms with Crippen molar-refractivity contribution < 1.29 is 14.4 Å². The largest absolute Gasteiger partial charge is 0.300 e. The number of rotatable bonds is 3. The van der Waals surface area contributed by atoms with Crippen molar-refractivity contribution in [3.63, 3.8) is 0 Å². The van der Waals surface area contributed by atoms with Crippen LogP contribution in [0.1, 0.15) is 64.4 Å². The number of ketones is 2. The van der Waals surface area contributed by atoms with Crippen LogP contribution in [0.25, 0.3) is 6.08 Å². The van der Waals surface area contributed by atoms with Crippen molar-refractivity contribution in [2.45, 2.75) is 48.5 Å². The molecule has 0 heterocycles. The normalized spacial score (nSPS) is 8.11. The van der Waals surface area contributed by atoms with Crippen LogP contribution in [-0.2, 0) is 9.59 Å². The molecule has 0 atom stereocenters. The van der Waals surface area contributed by atoms with Crippen LogP contribution in [0.15, 0.2) is 66.7 Å². The molecule has 2 aromatic carbocycles.